The van der Waals surface area contributed by atoms with Crippen LogP contribution in [-0.4, -0.2) is 33.3 Å². The zero-order chi connectivity index (χ0) is 18.6. The largest absolute Gasteiger partial charge is 0.481 e. The van der Waals surface area contributed by atoms with Crippen molar-refractivity contribution in [1.82, 2.24) is 15.1 Å². The Morgan fingerprint density at radius 1 is 1.28 bits per heavy atom. The van der Waals surface area contributed by atoms with Crippen LogP contribution in [0.1, 0.15) is 42.7 Å². The van der Waals surface area contributed by atoms with Crippen LogP contribution in [0.3, 0.4) is 0 Å². The highest BCUT2D eigenvalue weighted by Gasteiger charge is 2.35. The number of rotatable bonds is 7. The number of carboxylic acid groups (broad SMARTS) is 1. The Bertz CT molecular complexity index is 782. The van der Waals surface area contributed by atoms with E-state index in [1.165, 1.54) is 16.9 Å². The summed E-state index contributed by atoms with van der Waals surface area (Å²) >= 11 is 0. The molecule has 0 aliphatic rings. The minimum absolute atomic E-state index is 0.0263. The van der Waals surface area contributed by atoms with Crippen molar-refractivity contribution in [3.8, 4) is 5.69 Å². The summed E-state index contributed by atoms with van der Waals surface area (Å²) in [6.45, 7) is 5.26. The van der Waals surface area contributed by atoms with Crippen LogP contribution in [0.4, 0.5) is 4.39 Å². The average Bonchev–Trinajstić information content (AvgIpc) is 2.97. The van der Waals surface area contributed by atoms with Gasteiger partial charge in [-0.25, -0.2) is 9.07 Å². The van der Waals surface area contributed by atoms with E-state index in [-0.39, 0.29) is 17.8 Å². The molecule has 1 aromatic heterocycles. The Balaban J connectivity index is 2.22. The highest BCUT2D eigenvalue weighted by molar-refractivity contribution is 5.95. The molecule has 2 aromatic rings. The highest BCUT2D eigenvalue weighted by atomic mass is 19.1. The summed E-state index contributed by atoms with van der Waals surface area (Å²) in [5.41, 5.74) is 0.0257. The maximum absolute atomic E-state index is 13.9. The smallest absolute Gasteiger partial charge is 0.311 e. The lowest BCUT2D eigenvalue weighted by atomic mass is 9.82. The number of hydrogen-bond donors (Lipinski definition) is 2. The minimum Gasteiger partial charge on any atom is -0.481 e. The van der Waals surface area contributed by atoms with Gasteiger partial charge in [-0.1, -0.05) is 26.0 Å². The van der Waals surface area contributed by atoms with Gasteiger partial charge in [-0.3, -0.25) is 9.59 Å². The van der Waals surface area contributed by atoms with Gasteiger partial charge in [0, 0.05) is 6.54 Å². The van der Waals surface area contributed by atoms with E-state index >= 15 is 0 Å². The quantitative estimate of drug-likeness (QED) is 0.806. The molecule has 0 spiro atoms. The van der Waals surface area contributed by atoms with Crippen molar-refractivity contribution in [2.24, 2.45) is 5.41 Å². The predicted molar refractivity (Wildman–Crippen MR) is 91.2 cm³/mol. The van der Waals surface area contributed by atoms with Crippen LogP contribution < -0.4 is 5.32 Å². The van der Waals surface area contributed by atoms with E-state index in [1.54, 1.807) is 39.0 Å². The zero-order valence-corrected chi connectivity index (χ0v) is 14.5. The molecule has 25 heavy (non-hydrogen) atoms. The first-order valence-corrected chi connectivity index (χ1v) is 8.17. The minimum atomic E-state index is -0.995. The van der Waals surface area contributed by atoms with Gasteiger partial charge in [0.25, 0.3) is 5.91 Å². The number of halogens is 1. The molecule has 0 radical (unpaired) electrons. The molecule has 0 aliphatic carbocycles. The molecular weight excluding hydrogens is 325 g/mol. The monoisotopic (exact) mass is 347 g/mol. The first-order chi connectivity index (χ1) is 11.9. The fourth-order valence-electron chi connectivity index (χ4n) is 2.72. The number of carboxylic acids is 1. The predicted octanol–water partition coefficient (Wildman–Crippen LogP) is 2.94. The second kappa shape index (κ2) is 7.46. The molecule has 0 saturated heterocycles. The number of carbonyl (C=O) groups is 2. The third-order valence-electron chi connectivity index (χ3n) is 4.73. The van der Waals surface area contributed by atoms with Gasteiger partial charge in [-0.05, 0) is 31.9 Å². The van der Waals surface area contributed by atoms with Crippen LogP contribution in [0.15, 0.2) is 30.5 Å². The number of amides is 1. The van der Waals surface area contributed by atoms with Gasteiger partial charge in [0.15, 0.2) is 0 Å². The van der Waals surface area contributed by atoms with Crippen molar-refractivity contribution in [1.29, 1.82) is 0 Å². The van der Waals surface area contributed by atoms with Crippen molar-refractivity contribution in [2.75, 3.05) is 6.54 Å². The van der Waals surface area contributed by atoms with Gasteiger partial charge in [-0.15, -0.1) is 0 Å². The number of para-hydroxylation sites is 1. The second-order valence-corrected chi connectivity index (χ2v) is 5.98. The van der Waals surface area contributed by atoms with Crippen LogP contribution in [0, 0.1) is 18.2 Å². The van der Waals surface area contributed by atoms with Gasteiger partial charge in [-0.2, -0.15) is 5.10 Å². The molecule has 2 N–H and O–H groups in total. The van der Waals surface area contributed by atoms with Crippen LogP contribution in [-0.2, 0) is 4.79 Å². The lowest BCUT2D eigenvalue weighted by Gasteiger charge is -2.26. The molecule has 134 valence electrons. The summed E-state index contributed by atoms with van der Waals surface area (Å²) in [4.78, 5) is 24.0. The SMILES string of the molecule is CCC(CC)(CNC(=O)c1cnn(-c2ccccc2F)c1C)C(=O)O. The van der Waals surface area contributed by atoms with E-state index in [9.17, 15) is 19.1 Å². The second-order valence-electron chi connectivity index (χ2n) is 5.98. The average molecular weight is 347 g/mol. The van der Waals surface area contributed by atoms with Crippen LogP contribution in [0.2, 0.25) is 0 Å². The Labute approximate surface area is 145 Å². The standard InChI is InChI=1S/C18H22FN3O3/c1-4-18(5-2,17(24)25)11-20-16(23)13-10-21-22(12(13)3)15-9-7-6-8-14(15)19/h6-10H,4-5,11H2,1-3H3,(H,20,23)(H,24,25). The molecule has 0 aliphatic heterocycles. The summed E-state index contributed by atoms with van der Waals surface area (Å²) in [6, 6.07) is 6.15. The molecule has 6 nitrogen and oxygen atoms in total. The van der Waals surface area contributed by atoms with E-state index in [2.05, 4.69) is 10.4 Å². The maximum Gasteiger partial charge on any atom is 0.311 e. The zero-order valence-electron chi connectivity index (χ0n) is 14.5. The highest BCUT2D eigenvalue weighted by Crippen LogP contribution is 2.26. The summed E-state index contributed by atoms with van der Waals surface area (Å²) in [5.74, 6) is -1.80. The van der Waals surface area contributed by atoms with Gasteiger partial charge in [0.2, 0.25) is 0 Å². The Kier molecular flexibility index (Phi) is 5.56. The van der Waals surface area contributed by atoms with Crippen molar-refractivity contribution in [2.45, 2.75) is 33.6 Å². The number of aromatic nitrogens is 2. The Morgan fingerprint density at radius 3 is 2.48 bits per heavy atom. The third kappa shape index (κ3) is 3.55. The molecule has 2 rings (SSSR count). The van der Waals surface area contributed by atoms with Gasteiger partial charge >= 0.3 is 5.97 Å². The number of nitrogens with zero attached hydrogens (tertiary/aromatic N) is 2. The van der Waals surface area contributed by atoms with Crippen LogP contribution in [0.25, 0.3) is 5.69 Å². The number of benzene rings is 1. The van der Waals surface area contributed by atoms with Crippen molar-refractivity contribution in [3.05, 3.63) is 47.5 Å². The van der Waals surface area contributed by atoms with E-state index in [1.807, 2.05) is 0 Å². The normalized spacial score (nSPS) is 11.4. The molecule has 1 amide bonds. The fraction of sp³-hybridized carbons (Fsp3) is 0.389. The number of nitrogens with one attached hydrogen (secondary N) is 1. The molecule has 0 atom stereocenters. The summed E-state index contributed by atoms with van der Waals surface area (Å²) < 4.78 is 15.3. The molecule has 1 aromatic carbocycles. The van der Waals surface area contributed by atoms with Crippen molar-refractivity contribution in [3.63, 3.8) is 0 Å². The molecule has 7 heteroatoms. The number of hydrogen-bond acceptors (Lipinski definition) is 3. The number of carbonyl (C=O) groups excluding carboxylic acids is 1. The molecule has 0 bridgehead atoms. The lowest BCUT2D eigenvalue weighted by molar-refractivity contribution is -0.149. The lowest BCUT2D eigenvalue weighted by Crippen LogP contribution is -2.42. The summed E-state index contributed by atoms with van der Waals surface area (Å²) in [6.07, 6.45) is 2.18. The molecule has 0 unspecified atom stereocenters. The van der Waals surface area contributed by atoms with Gasteiger partial charge in [0.1, 0.15) is 11.5 Å². The van der Waals surface area contributed by atoms with Crippen molar-refractivity contribution < 1.29 is 19.1 Å². The van der Waals surface area contributed by atoms with Gasteiger partial charge < -0.3 is 10.4 Å². The van der Waals surface area contributed by atoms with Crippen LogP contribution in [0.5, 0.6) is 0 Å². The first kappa shape index (κ1) is 18.6. The molecule has 0 saturated carbocycles. The molecule has 1 heterocycles. The topological polar surface area (TPSA) is 84.2 Å². The summed E-state index contributed by atoms with van der Waals surface area (Å²) in [5, 5.41) is 16.2. The summed E-state index contributed by atoms with van der Waals surface area (Å²) in [7, 11) is 0. The number of aliphatic carboxylic acids is 1. The van der Waals surface area contributed by atoms with Gasteiger partial charge in [0.05, 0.1) is 22.9 Å². The fourth-order valence-corrected chi connectivity index (χ4v) is 2.72. The van der Waals surface area contributed by atoms with E-state index < -0.39 is 23.1 Å². The Hall–Kier alpha value is -2.70. The van der Waals surface area contributed by atoms with E-state index in [4.69, 9.17) is 0 Å². The molecule has 0 fully saturated rings. The van der Waals surface area contributed by atoms with E-state index in [0.717, 1.165) is 0 Å². The van der Waals surface area contributed by atoms with Crippen LogP contribution >= 0.6 is 0 Å². The Morgan fingerprint density at radius 2 is 1.92 bits per heavy atom. The first-order valence-electron chi connectivity index (χ1n) is 8.17. The maximum atomic E-state index is 13.9. The third-order valence-corrected chi connectivity index (χ3v) is 4.73. The molecular formula is C18H22FN3O3. The van der Waals surface area contributed by atoms with E-state index in [0.29, 0.717) is 18.5 Å². The van der Waals surface area contributed by atoms with Crippen molar-refractivity contribution >= 4 is 11.9 Å².